The van der Waals surface area contributed by atoms with E-state index in [4.69, 9.17) is 10.5 Å². The van der Waals surface area contributed by atoms with Crippen LogP contribution >= 0.6 is 15.9 Å². The summed E-state index contributed by atoms with van der Waals surface area (Å²) in [6, 6.07) is 3.86. The highest BCUT2D eigenvalue weighted by Crippen LogP contribution is 2.30. The van der Waals surface area contributed by atoms with E-state index in [1.54, 1.807) is 0 Å². The zero-order chi connectivity index (χ0) is 13.1. The normalized spacial score (nSPS) is 10.1. The van der Waals surface area contributed by atoms with Gasteiger partial charge in [-0.2, -0.15) is 0 Å². The van der Waals surface area contributed by atoms with Crippen LogP contribution in [0.5, 0.6) is 11.6 Å². The predicted molar refractivity (Wildman–Crippen MR) is 64.7 cm³/mol. The van der Waals surface area contributed by atoms with E-state index in [1.807, 2.05) is 0 Å². The van der Waals surface area contributed by atoms with Crippen molar-refractivity contribution in [1.29, 1.82) is 0 Å². The minimum Gasteiger partial charge on any atom is -0.436 e. The lowest BCUT2D eigenvalue weighted by atomic mass is 10.3. The van der Waals surface area contributed by atoms with Gasteiger partial charge in [-0.1, -0.05) is 0 Å². The number of halogens is 2. The van der Waals surface area contributed by atoms with Crippen LogP contribution in [0.25, 0.3) is 0 Å². The van der Waals surface area contributed by atoms with Gasteiger partial charge in [0.1, 0.15) is 11.6 Å². The molecule has 18 heavy (non-hydrogen) atoms. The first-order valence-corrected chi connectivity index (χ1v) is 5.61. The Bertz CT molecular complexity index is 607. The van der Waals surface area contributed by atoms with Crippen molar-refractivity contribution in [2.45, 2.75) is 0 Å². The number of nitrogens with zero attached hydrogens (tertiary/aromatic N) is 2. The van der Waals surface area contributed by atoms with Crippen molar-refractivity contribution in [1.82, 2.24) is 9.97 Å². The van der Waals surface area contributed by atoms with Crippen LogP contribution in [0.3, 0.4) is 0 Å². The average molecular weight is 312 g/mol. The van der Waals surface area contributed by atoms with E-state index < -0.39 is 11.7 Å². The summed E-state index contributed by atoms with van der Waals surface area (Å²) in [4.78, 5) is 18.7. The van der Waals surface area contributed by atoms with Gasteiger partial charge in [-0.3, -0.25) is 4.79 Å². The zero-order valence-electron chi connectivity index (χ0n) is 8.93. The number of aromatic nitrogens is 2. The van der Waals surface area contributed by atoms with E-state index >= 15 is 0 Å². The first kappa shape index (κ1) is 12.4. The smallest absolute Gasteiger partial charge is 0.272 e. The first-order valence-electron chi connectivity index (χ1n) is 4.81. The van der Waals surface area contributed by atoms with Crippen molar-refractivity contribution in [3.63, 3.8) is 0 Å². The third-order valence-electron chi connectivity index (χ3n) is 2.00. The van der Waals surface area contributed by atoms with Crippen molar-refractivity contribution in [3.8, 4) is 11.6 Å². The highest BCUT2D eigenvalue weighted by Gasteiger charge is 2.14. The lowest BCUT2D eigenvalue weighted by Crippen LogP contribution is -2.14. The van der Waals surface area contributed by atoms with Crippen molar-refractivity contribution >= 4 is 21.8 Å². The number of ether oxygens (including phenoxy) is 1. The van der Waals surface area contributed by atoms with Crippen molar-refractivity contribution in [2.24, 2.45) is 5.73 Å². The van der Waals surface area contributed by atoms with Crippen LogP contribution in [0.1, 0.15) is 10.5 Å². The Morgan fingerprint density at radius 3 is 2.72 bits per heavy atom. The van der Waals surface area contributed by atoms with Gasteiger partial charge in [0.2, 0.25) is 0 Å². The maximum absolute atomic E-state index is 12.9. The topological polar surface area (TPSA) is 78.1 Å². The number of nitrogens with two attached hydrogens (primary N) is 1. The third kappa shape index (κ3) is 2.62. The number of carbonyl (C=O) groups excluding carboxylic acids is 1. The molecule has 0 fully saturated rings. The molecule has 0 radical (unpaired) electrons. The highest BCUT2D eigenvalue weighted by atomic mass is 79.9. The third-order valence-corrected chi connectivity index (χ3v) is 2.62. The van der Waals surface area contributed by atoms with Gasteiger partial charge in [0, 0.05) is 12.4 Å². The maximum Gasteiger partial charge on any atom is 0.272 e. The first-order chi connectivity index (χ1) is 8.58. The second kappa shape index (κ2) is 5.09. The van der Waals surface area contributed by atoms with E-state index in [9.17, 15) is 9.18 Å². The summed E-state index contributed by atoms with van der Waals surface area (Å²) in [6.45, 7) is 0. The number of rotatable bonds is 3. The molecule has 2 rings (SSSR count). The molecule has 2 aromatic rings. The summed E-state index contributed by atoms with van der Waals surface area (Å²) >= 11 is 3.14. The molecule has 92 valence electrons. The van der Waals surface area contributed by atoms with Crippen LogP contribution in [-0.2, 0) is 0 Å². The van der Waals surface area contributed by atoms with Crippen LogP contribution < -0.4 is 10.5 Å². The Labute approximate surface area is 110 Å². The lowest BCUT2D eigenvalue weighted by Gasteiger charge is -2.08. The molecular weight excluding hydrogens is 305 g/mol. The van der Waals surface area contributed by atoms with E-state index in [1.165, 1.54) is 30.6 Å². The molecule has 0 bridgehead atoms. The van der Waals surface area contributed by atoms with Gasteiger partial charge in [0.25, 0.3) is 11.8 Å². The number of hydrogen-bond donors (Lipinski definition) is 1. The summed E-state index contributed by atoms with van der Waals surface area (Å²) in [5.74, 6) is -0.892. The highest BCUT2D eigenvalue weighted by molar-refractivity contribution is 9.10. The summed E-state index contributed by atoms with van der Waals surface area (Å²) in [6.07, 6.45) is 2.69. The van der Waals surface area contributed by atoms with Crippen LogP contribution in [0.15, 0.2) is 35.1 Å². The molecule has 2 N–H and O–H groups in total. The van der Waals surface area contributed by atoms with Gasteiger partial charge in [-0.05, 0) is 34.1 Å². The van der Waals surface area contributed by atoms with Gasteiger partial charge < -0.3 is 10.5 Å². The fourth-order valence-electron chi connectivity index (χ4n) is 1.23. The average Bonchev–Trinajstić information content (AvgIpc) is 2.33. The van der Waals surface area contributed by atoms with E-state index in [0.717, 1.165) is 0 Å². The molecule has 1 aromatic carbocycles. The van der Waals surface area contributed by atoms with Crippen molar-refractivity contribution < 1.29 is 13.9 Å². The Morgan fingerprint density at radius 1 is 1.33 bits per heavy atom. The minimum absolute atomic E-state index is 0.0303. The zero-order valence-corrected chi connectivity index (χ0v) is 10.5. The maximum atomic E-state index is 12.9. The van der Waals surface area contributed by atoms with Gasteiger partial charge in [0.05, 0.1) is 4.47 Å². The molecule has 0 saturated carbocycles. The largest absolute Gasteiger partial charge is 0.436 e. The monoisotopic (exact) mass is 311 g/mol. The molecule has 7 heteroatoms. The van der Waals surface area contributed by atoms with Gasteiger partial charge in [-0.15, -0.1) is 0 Å². The summed E-state index contributed by atoms with van der Waals surface area (Å²) < 4.78 is 18.7. The number of hydrogen-bond acceptors (Lipinski definition) is 4. The standard InChI is InChI=1S/C11H7BrFN3O2/c12-7-5-6(13)1-2-8(7)18-11-9(10(14)17)15-3-4-16-11/h1-5H,(H2,14,17). The molecule has 0 spiro atoms. The molecule has 1 amide bonds. The van der Waals surface area contributed by atoms with Crippen LogP contribution in [0.2, 0.25) is 0 Å². The number of amides is 1. The SMILES string of the molecule is NC(=O)c1nccnc1Oc1ccc(F)cc1Br. The fraction of sp³-hybridized carbons (Fsp3) is 0. The summed E-state index contributed by atoms with van der Waals surface area (Å²) in [7, 11) is 0. The molecule has 0 atom stereocenters. The van der Waals surface area contributed by atoms with E-state index in [0.29, 0.717) is 10.2 Å². The molecule has 0 unspecified atom stereocenters. The Hall–Kier alpha value is -2.02. The van der Waals surface area contributed by atoms with Crippen molar-refractivity contribution in [3.05, 3.63) is 46.6 Å². The Kier molecular flexibility index (Phi) is 3.52. The second-order valence-corrected chi connectivity index (χ2v) is 4.11. The minimum atomic E-state index is -0.753. The molecule has 0 saturated heterocycles. The van der Waals surface area contributed by atoms with Crippen LogP contribution in [0.4, 0.5) is 4.39 Å². The predicted octanol–water partition coefficient (Wildman–Crippen LogP) is 2.27. The fourth-order valence-corrected chi connectivity index (χ4v) is 1.66. The summed E-state index contributed by atoms with van der Waals surface area (Å²) in [5.41, 5.74) is 5.05. The quantitative estimate of drug-likeness (QED) is 0.943. The molecule has 1 aromatic heterocycles. The summed E-state index contributed by atoms with van der Waals surface area (Å²) in [5, 5.41) is 0. The molecule has 5 nitrogen and oxygen atoms in total. The van der Waals surface area contributed by atoms with Crippen molar-refractivity contribution in [2.75, 3.05) is 0 Å². The molecule has 0 aliphatic rings. The van der Waals surface area contributed by atoms with Gasteiger partial charge in [-0.25, -0.2) is 14.4 Å². The molecule has 0 aliphatic carbocycles. The Balaban J connectivity index is 2.37. The lowest BCUT2D eigenvalue weighted by molar-refractivity contribution is 0.0992. The second-order valence-electron chi connectivity index (χ2n) is 3.25. The molecule has 0 aliphatic heterocycles. The molecular formula is C11H7BrFN3O2. The van der Waals surface area contributed by atoms with E-state index in [2.05, 4.69) is 25.9 Å². The van der Waals surface area contributed by atoms with E-state index in [-0.39, 0.29) is 11.6 Å². The number of carbonyl (C=O) groups is 1. The van der Waals surface area contributed by atoms with Gasteiger partial charge in [0.15, 0.2) is 5.69 Å². The van der Waals surface area contributed by atoms with Crippen LogP contribution in [-0.4, -0.2) is 15.9 Å². The number of primary amides is 1. The van der Waals surface area contributed by atoms with Gasteiger partial charge >= 0.3 is 0 Å². The Morgan fingerprint density at radius 2 is 2.06 bits per heavy atom. The van der Waals surface area contributed by atoms with Crippen LogP contribution in [0, 0.1) is 5.82 Å². The molecule has 1 heterocycles. The number of benzene rings is 1.